The van der Waals surface area contributed by atoms with E-state index in [4.69, 9.17) is 10.8 Å². The standard InChI is InChI=1S/C23H21N5O2.C7H6O2/c1-15(29)25-19-11-10-18-14-28(27-22(18)12-19)13-16-6-8-17(9-7-16)23(30)26-21-5-3-2-4-20(21)24;8-7(9)6-4-2-1-3-5-6/h2-12,14H,13,24H2,1H3,(H,25,29)(H,26,30);1-5H,(H,8,9). The molecule has 1 heterocycles. The third-order valence-electron chi connectivity index (χ3n) is 5.67. The summed E-state index contributed by atoms with van der Waals surface area (Å²) in [6.07, 6.45) is 1.95. The molecule has 0 unspecified atom stereocenters. The van der Waals surface area contributed by atoms with Gasteiger partial charge in [-0.15, -0.1) is 0 Å². The molecule has 0 saturated carbocycles. The molecule has 196 valence electrons. The number of nitrogens with one attached hydrogen (secondary N) is 2. The molecule has 0 aliphatic rings. The summed E-state index contributed by atoms with van der Waals surface area (Å²) >= 11 is 0. The van der Waals surface area contributed by atoms with E-state index in [2.05, 4.69) is 15.7 Å². The highest BCUT2D eigenvalue weighted by Crippen LogP contribution is 2.20. The Morgan fingerprint density at radius 3 is 2.18 bits per heavy atom. The van der Waals surface area contributed by atoms with Crippen LogP contribution in [0.15, 0.2) is 103 Å². The second-order valence-corrected chi connectivity index (χ2v) is 8.69. The van der Waals surface area contributed by atoms with Crippen LogP contribution in [0, 0.1) is 0 Å². The number of para-hydroxylation sites is 2. The van der Waals surface area contributed by atoms with E-state index in [0.29, 0.717) is 29.0 Å². The van der Waals surface area contributed by atoms with Crippen molar-refractivity contribution in [2.75, 3.05) is 16.4 Å². The molecule has 0 aliphatic carbocycles. The van der Waals surface area contributed by atoms with Gasteiger partial charge in [-0.1, -0.05) is 42.5 Å². The fourth-order valence-corrected chi connectivity index (χ4v) is 3.76. The molecule has 0 atom stereocenters. The van der Waals surface area contributed by atoms with Gasteiger partial charge >= 0.3 is 5.97 Å². The van der Waals surface area contributed by atoms with Gasteiger partial charge in [0.25, 0.3) is 5.91 Å². The second kappa shape index (κ2) is 12.2. The summed E-state index contributed by atoms with van der Waals surface area (Å²) < 4.78 is 1.84. The number of aromatic carboxylic acids is 1. The fourth-order valence-electron chi connectivity index (χ4n) is 3.76. The van der Waals surface area contributed by atoms with Crippen molar-refractivity contribution in [1.29, 1.82) is 0 Å². The first-order valence-corrected chi connectivity index (χ1v) is 12.1. The van der Waals surface area contributed by atoms with E-state index < -0.39 is 5.97 Å². The molecule has 0 aliphatic heterocycles. The van der Waals surface area contributed by atoms with E-state index in [1.165, 1.54) is 6.92 Å². The summed E-state index contributed by atoms with van der Waals surface area (Å²) in [7, 11) is 0. The number of aromatic nitrogens is 2. The van der Waals surface area contributed by atoms with Gasteiger partial charge in [0.05, 0.1) is 29.0 Å². The van der Waals surface area contributed by atoms with Crippen molar-refractivity contribution in [3.63, 3.8) is 0 Å². The molecule has 9 heteroatoms. The summed E-state index contributed by atoms with van der Waals surface area (Å²) in [5.74, 6) is -1.21. The number of carbonyl (C=O) groups is 3. The quantitative estimate of drug-likeness (QED) is 0.225. The molecular formula is C30H27N5O4. The van der Waals surface area contributed by atoms with Crippen molar-refractivity contribution in [1.82, 2.24) is 9.78 Å². The largest absolute Gasteiger partial charge is 0.478 e. The lowest BCUT2D eigenvalue weighted by Gasteiger charge is -2.08. The van der Waals surface area contributed by atoms with Gasteiger partial charge in [-0.3, -0.25) is 14.3 Å². The molecule has 39 heavy (non-hydrogen) atoms. The topological polar surface area (TPSA) is 139 Å². The molecule has 5 aromatic rings. The van der Waals surface area contributed by atoms with Crippen LogP contribution in [-0.2, 0) is 11.3 Å². The van der Waals surface area contributed by atoms with E-state index in [0.717, 1.165) is 22.2 Å². The number of anilines is 3. The molecule has 0 radical (unpaired) electrons. The van der Waals surface area contributed by atoms with Crippen molar-refractivity contribution in [2.24, 2.45) is 0 Å². The van der Waals surface area contributed by atoms with Gasteiger partial charge in [-0.05, 0) is 60.2 Å². The Morgan fingerprint density at radius 2 is 1.54 bits per heavy atom. The third-order valence-corrected chi connectivity index (χ3v) is 5.67. The number of nitrogen functional groups attached to an aromatic ring is 1. The number of benzene rings is 4. The molecular weight excluding hydrogens is 494 g/mol. The molecule has 1 aromatic heterocycles. The van der Waals surface area contributed by atoms with E-state index in [1.807, 2.05) is 53.3 Å². The van der Waals surface area contributed by atoms with Crippen LogP contribution < -0.4 is 16.4 Å². The van der Waals surface area contributed by atoms with Crippen molar-refractivity contribution in [3.05, 3.63) is 120 Å². The second-order valence-electron chi connectivity index (χ2n) is 8.69. The van der Waals surface area contributed by atoms with Crippen LogP contribution in [0.3, 0.4) is 0 Å². The fraction of sp³-hybridized carbons (Fsp3) is 0.0667. The molecule has 2 amide bonds. The highest BCUT2D eigenvalue weighted by molar-refractivity contribution is 6.05. The number of carboxylic acid groups (broad SMARTS) is 1. The van der Waals surface area contributed by atoms with Gasteiger partial charge in [-0.25, -0.2) is 4.79 Å². The van der Waals surface area contributed by atoms with Crippen LogP contribution in [-0.4, -0.2) is 32.7 Å². The summed E-state index contributed by atoms with van der Waals surface area (Å²) in [6, 6.07) is 28.4. The summed E-state index contributed by atoms with van der Waals surface area (Å²) in [5, 5.41) is 19.5. The first-order chi connectivity index (χ1) is 18.8. The average molecular weight is 522 g/mol. The van der Waals surface area contributed by atoms with Gasteiger partial charge in [0.15, 0.2) is 0 Å². The Kier molecular flexibility index (Phi) is 8.33. The first-order valence-electron chi connectivity index (χ1n) is 12.1. The summed E-state index contributed by atoms with van der Waals surface area (Å²) in [6.45, 7) is 2.04. The molecule has 4 aromatic carbocycles. The zero-order valence-electron chi connectivity index (χ0n) is 21.2. The Hall–Kier alpha value is -5.44. The normalized spacial score (nSPS) is 10.3. The lowest BCUT2D eigenvalue weighted by molar-refractivity contribution is -0.114. The number of amides is 2. The minimum Gasteiger partial charge on any atom is -0.478 e. The number of rotatable bonds is 6. The number of fused-ring (bicyclic) bond motifs is 1. The van der Waals surface area contributed by atoms with Crippen molar-refractivity contribution >= 4 is 45.7 Å². The third kappa shape index (κ3) is 7.30. The van der Waals surface area contributed by atoms with Crippen LogP contribution >= 0.6 is 0 Å². The number of nitrogens with zero attached hydrogens (tertiary/aromatic N) is 2. The molecule has 5 rings (SSSR count). The maximum absolute atomic E-state index is 12.4. The Bertz CT molecular complexity index is 1610. The zero-order valence-corrected chi connectivity index (χ0v) is 21.2. The zero-order chi connectivity index (χ0) is 27.8. The van der Waals surface area contributed by atoms with Crippen molar-refractivity contribution in [2.45, 2.75) is 13.5 Å². The van der Waals surface area contributed by atoms with E-state index in [9.17, 15) is 14.4 Å². The minimum absolute atomic E-state index is 0.118. The SMILES string of the molecule is CC(=O)Nc1ccc2cn(Cc3ccc(C(=O)Nc4ccccc4N)cc3)nc2c1.O=C(O)c1ccccc1. The van der Waals surface area contributed by atoms with Gasteiger partial charge in [-0.2, -0.15) is 5.10 Å². The summed E-state index contributed by atoms with van der Waals surface area (Å²) in [5.41, 5.74) is 10.4. The Morgan fingerprint density at radius 1 is 0.846 bits per heavy atom. The number of hydrogen-bond acceptors (Lipinski definition) is 5. The first kappa shape index (κ1) is 26.6. The highest BCUT2D eigenvalue weighted by atomic mass is 16.4. The smallest absolute Gasteiger partial charge is 0.335 e. The predicted molar refractivity (Wildman–Crippen MR) is 152 cm³/mol. The monoisotopic (exact) mass is 521 g/mol. The molecule has 0 saturated heterocycles. The molecule has 0 bridgehead atoms. The number of nitrogens with two attached hydrogens (primary N) is 1. The van der Waals surface area contributed by atoms with Gasteiger partial charge in [0.2, 0.25) is 5.91 Å². The molecule has 9 nitrogen and oxygen atoms in total. The lowest BCUT2D eigenvalue weighted by Crippen LogP contribution is -2.13. The maximum atomic E-state index is 12.4. The number of carbonyl (C=O) groups excluding carboxylic acids is 2. The van der Waals surface area contributed by atoms with E-state index in [1.54, 1.807) is 54.6 Å². The predicted octanol–water partition coefficient (Wildman–Crippen LogP) is 5.26. The van der Waals surface area contributed by atoms with Gasteiger partial charge in [0, 0.05) is 29.8 Å². The molecule has 0 spiro atoms. The molecule has 5 N–H and O–H groups in total. The van der Waals surface area contributed by atoms with E-state index >= 15 is 0 Å². The van der Waals surface area contributed by atoms with Crippen LogP contribution in [0.4, 0.5) is 17.1 Å². The maximum Gasteiger partial charge on any atom is 0.335 e. The van der Waals surface area contributed by atoms with Gasteiger partial charge in [0.1, 0.15) is 0 Å². The van der Waals surface area contributed by atoms with Crippen molar-refractivity contribution < 1.29 is 19.5 Å². The van der Waals surface area contributed by atoms with Crippen LogP contribution in [0.25, 0.3) is 10.9 Å². The summed E-state index contributed by atoms with van der Waals surface area (Å²) in [4.78, 5) is 33.9. The van der Waals surface area contributed by atoms with Crippen LogP contribution in [0.1, 0.15) is 33.2 Å². The Labute approximate surface area is 224 Å². The Balaban J connectivity index is 0.000000333. The van der Waals surface area contributed by atoms with E-state index in [-0.39, 0.29) is 11.8 Å². The highest BCUT2D eigenvalue weighted by Gasteiger charge is 2.09. The van der Waals surface area contributed by atoms with Crippen LogP contribution in [0.5, 0.6) is 0 Å². The lowest BCUT2D eigenvalue weighted by atomic mass is 10.1. The number of hydrogen-bond donors (Lipinski definition) is 4. The van der Waals surface area contributed by atoms with Crippen LogP contribution in [0.2, 0.25) is 0 Å². The van der Waals surface area contributed by atoms with Crippen molar-refractivity contribution in [3.8, 4) is 0 Å². The molecule has 0 fully saturated rings. The van der Waals surface area contributed by atoms with Gasteiger partial charge < -0.3 is 21.5 Å². The number of carboxylic acids is 1. The average Bonchev–Trinajstić information content (AvgIpc) is 3.32. The minimum atomic E-state index is -0.879.